The highest BCUT2D eigenvalue weighted by molar-refractivity contribution is 5.79. The molecular formula is C19H23N. The van der Waals surface area contributed by atoms with Crippen LogP contribution in [-0.2, 0) is 11.8 Å². The number of benzene rings is 2. The molecule has 1 nitrogen and oxygen atoms in total. The van der Waals surface area contributed by atoms with Crippen LogP contribution in [0.5, 0.6) is 0 Å². The number of hydrogen-bond donors (Lipinski definition) is 1. The fraction of sp³-hybridized carbons (Fsp3) is 0.368. The predicted molar refractivity (Wildman–Crippen MR) is 86.0 cm³/mol. The zero-order valence-electron chi connectivity index (χ0n) is 12.8. The molecule has 0 saturated heterocycles. The van der Waals surface area contributed by atoms with Gasteiger partial charge >= 0.3 is 0 Å². The summed E-state index contributed by atoms with van der Waals surface area (Å²) in [5, 5.41) is 0. The molecule has 0 spiro atoms. The van der Waals surface area contributed by atoms with E-state index < -0.39 is 0 Å². The van der Waals surface area contributed by atoms with Crippen LogP contribution in [0.1, 0.15) is 56.0 Å². The van der Waals surface area contributed by atoms with Crippen molar-refractivity contribution in [2.75, 3.05) is 0 Å². The van der Waals surface area contributed by atoms with Crippen LogP contribution in [0.4, 0.5) is 0 Å². The van der Waals surface area contributed by atoms with Crippen LogP contribution in [0.25, 0.3) is 11.1 Å². The van der Waals surface area contributed by atoms with Crippen molar-refractivity contribution in [3.8, 4) is 11.1 Å². The summed E-state index contributed by atoms with van der Waals surface area (Å²) in [6.07, 6.45) is 1.06. The highest BCUT2D eigenvalue weighted by Gasteiger charge is 2.27. The van der Waals surface area contributed by atoms with Gasteiger partial charge in [0, 0.05) is 0 Å². The standard InChI is InChI=1S/C19H23N/c1-5-12-6-8-14-15-9-7-13(19(2,3)4)11-17(15)18(20)16(14)10-12/h6-11,18H,5,20H2,1-4H3. The molecule has 1 atom stereocenters. The third-order valence-electron chi connectivity index (χ3n) is 4.40. The number of aryl methyl sites for hydroxylation is 1. The fourth-order valence-electron chi connectivity index (χ4n) is 3.03. The molecule has 0 aliphatic heterocycles. The molecule has 0 radical (unpaired) electrons. The molecule has 2 aromatic carbocycles. The number of rotatable bonds is 1. The van der Waals surface area contributed by atoms with E-state index >= 15 is 0 Å². The van der Waals surface area contributed by atoms with Gasteiger partial charge in [-0.25, -0.2) is 0 Å². The molecule has 1 heteroatoms. The lowest BCUT2D eigenvalue weighted by Crippen LogP contribution is -2.13. The monoisotopic (exact) mass is 265 g/mol. The minimum Gasteiger partial charge on any atom is -0.320 e. The Morgan fingerprint density at radius 3 is 2.15 bits per heavy atom. The molecule has 104 valence electrons. The average molecular weight is 265 g/mol. The Kier molecular flexibility index (Phi) is 2.98. The highest BCUT2D eigenvalue weighted by atomic mass is 14.7. The topological polar surface area (TPSA) is 26.0 Å². The van der Waals surface area contributed by atoms with Crippen LogP contribution < -0.4 is 5.73 Å². The van der Waals surface area contributed by atoms with Crippen LogP contribution in [-0.4, -0.2) is 0 Å². The number of nitrogens with two attached hydrogens (primary N) is 1. The molecule has 2 N–H and O–H groups in total. The Morgan fingerprint density at radius 2 is 1.55 bits per heavy atom. The van der Waals surface area contributed by atoms with Gasteiger partial charge in [-0.2, -0.15) is 0 Å². The second kappa shape index (κ2) is 4.46. The first-order valence-electron chi connectivity index (χ1n) is 7.45. The summed E-state index contributed by atoms with van der Waals surface area (Å²) in [4.78, 5) is 0. The van der Waals surface area contributed by atoms with E-state index in [1.165, 1.54) is 33.4 Å². The zero-order valence-corrected chi connectivity index (χ0v) is 12.8. The summed E-state index contributed by atoms with van der Waals surface area (Å²) in [6, 6.07) is 13.5. The van der Waals surface area contributed by atoms with Gasteiger partial charge in [0.15, 0.2) is 0 Å². The molecule has 0 heterocycles. The maximum absolute atomic E-state index is 6.49. The van der Waals surface area contributed by atoms with Gasteiger partial charge in [0.05, 0.1) is 6.04 Å². The van der Waals surface area contributed by atoms with Gasteiger partial charge in [-0.15, -0.1) is 0 Å². The van der Waals surface area contributed by atoms with E-state index in [4.69, 9.17) is 5.73 Å². The van der Waals surface area contributed by atoms with E-state index in [1.807, 2.05) is 0 Å². The lowest BCUT2D eigenvalue weighted by Gasteiger charge is -2.20. The van der Waals surface area contributed by atoms with E-state index in [9.17, 15) is 0 Å². The maximum atomic E-state index is 6.49. The Labute approximate surface area is 121 Å². The van der Waals surface area contributed by atoms with Crippen LogP contribution in [0, 0.1) is 0 Å². The van der Waals surface area contributed by atoms with Crippen LogP contribution in [0.3, 0.4) is 0 Å². The van der Waals surface area contributed by atoms with Gasteiger partial charge in [0.25, 0.3) is 0 Å². The molecule has 1 aliphatic carbocycles. The Morgan fingerprint density at radius 1 is 0.950 bits per heavy atom. The fourth-order valence-corrected chi connectivity index (χ4v) is 3.03. The molecule has 3 rings (SSSR count). The SMILES string of the molecule is CCc1ccc2c(c1)C(N)c1cc(C(C)(C)C)ccc1-2. The Hall–Kier alpha value is -1.60. The predicted octanol–water partition coefficient (Wildman–Crippen LogP) is 4.58. The quantitative estimate of drug-likeness (QED) is 0.802. The minimum atomic E-state index is 0.0220. The maximum Gasteiger partial charge on any atom is 0.0564 e. The lowest BCUT2D eigenvalue weighted by atomic mass is 9.85. The van der Waals surface area contributed by atoms with Gasteiger partial charge in [-0.05, 0) is 45.2 Å². The van der Waals surface area contributed by atoms with Gasteiger partial charge in [0.1, 0.15) is 0 Å². The van der Waals surface area contributed by atoms with Gasteiger partial charge in [-0.1, -0.05) is 64.1 Å². The third-order valence-corrected chi connectivity index (χ3v) is 4.40. The molecule has 2 aromatic rings. The van der Waals surface area contributed by atoms with E-state index in [2.05, 4.69) is 64.1 Å². The Bertz CT molecular complexity index is 662. The molecule has 0 amide bonds. The molecule has 0 aromatic heterocycles. The van der Waals surface area contributed by atoms with Crippen molar-refractivity contribution in [1.29, 1.82) is 0 Å². The van der Waals surface area contributed by atoms with Crippen molar-refractivity contribution in [3.63, 3.8) is 0 Å². The molecule has 20 heavy (non-hydrogen) atoms. The van der Waals surface area contributed by atoms with Crippen LogP contribution in [0.15, 0.2) is 36.4 Å². The molecule has 1 unspecified atom stereocenters. The highest BCUT2D eigenvalue weighted by Crippen LogP contribution is 2.44. The normalized spacial score (nSPS) is 16.9. The molecular weight excluding hydrogens is 242 g/mol. The van der Waals surface area contributed by atoms with Gasteiger partial charge in [0.2, 0.25) is 0 Å². The van der Waals surface area contributed by atoms with Crippen molar-refractivity contribution in [2.24, 2.45) is 5.73 Å². The van der Waals surface area contributed by atoms with Crippen molar-refractivity contribution in [2.45, 2.75) is 45.6 Å². The van der Waals surface area contributed by atoms with Gasteiger partial charge in [-0.3, -0.25) is 0 Å². The van der Waals surface area contributed by atoms with E-state index in [0.29, 0.717) is 0 Å². The molecule has 0 bridgehead atoms. The number of hydrogen-bond acceptors (Lipinski definition) is 1. The third kappa shape index (κ3) is 1.97. The van der Waals surface area contributed by atoms with Gasteiger partial charge < -0.3 is 5.73 Å². The summed E-state index contributed by atoms with van der Waals surface area (Å²) in [5.74, 6) is 0. The second-order valence-electron chi connectivity index (χ2n) is 6.80. The Balaban J connectivity index is 2.15. The summed E-state index contributed by atoms with van der Waals surface area (Å²) in [7, 11) is 0. The molecule has 0 fully saturated rings. The van der Waals surface area contributed by atoms with E-state index in [0.717, 1.165) is 6.42 Å². The zero-order chi connectivity index (χ0) is 14.5. The van der Waals surface area contributed by atoms with Crippen molar-refractivity contribution in [1.82, 2.24) is 0 Å². The molecule has 1 aliphatic rings. The lowest BCUT2D eigenvalue weighted by molar-refractivity contribution is 0.589. The van der Waals surface area contributed by atoms with Crippen LogP contribution in [0.2, 0.25) is 0 Å². The first-order valence-corrected chi connectivity index (χ1v) is 7.45. The first-order chi connectivity index (χ1) is 9.41. The summed E-state index contributed by atoms with van der Waals surface area (Å²) in [5.41, 5.74) is 14.6. The minimum absolute atomic E-state index is 0.0220. The summed E-state index contributed by atoms with van der Waals surface area (Å²) >= 11 is 0. The smallest absolute Gasteiger partial charge is 0.0564 e. The molecule has 0 saturated carbocycles. The van der Waals surface area contributed by atoms with Crippen LogP contribution >= 0.6 is 0 Å². The van der Waals surface area contributed by atoms with Crippen molar-refractivity contribution in [3.05, 3.63) is 58.7 Å². The van der Waals surface area contributed by atoms with E-state index in [-0.39, 0.29) is 11.5 Å². The largest absolute Gasteiger partial charge is 0.320 e. The first kappa shape index (κ1) is 13.4. The second-order valence-corrected chi connectivity index (χ2v) is 6.80. The number of fused-ring (bicyclic) bond motifs is 3. The summed E-state index contributed by atoms with van der Waals surface area (Å²) in [6.45, 7) is 8.93. The average Bonchev–Trinajstić information content (AvgIpc) is 2.70. The van der Waals surface area contributed by atoms with Crippen molar-refractivity contribution >= 4 is 0 Å². The van der Waals surface area contributed by atoms with Crippen molar-refractivity contribution < 1.29 is 0 Å². The van der Waals surface area contributed by atoms with E-state index in [1.54, 1.807) is 0 Å². The summed E-state index contributed by atoms with van der Waals surface area (Å²) < 4.78 is 0.